The molecule has 2 saturated heterocycles. The summed E-state index contributed by atoms with van der Waals surface area (Å²) >= 11 is 0. The normalized spacial score (nSPS) is 21.6. The van der Waals surface area contributed by atoms with Gasteiger partial charge in [-0.25, -0.2) is 0 Å². The SMILES string of the molecule is CCCCCCCCCCCCCCCCC[C@@H]1OC[C@@H](COCCCCCC[N+]2(C)CCOCC2)O1. The Bertz CT molecular complexity index is 497. The van der Waals surface area contributed by atoms with Gasteiger partial charge in [0.2, 0.25) is 0 Å². The molecule has 0 aromatic rings. The van der Waals surface area contributed by atoms with Gasteiger partial charge in [-0.3, -0.25) is 0 Å². The summed E-state index contributed by atoms with van der Waals surface area (Å²) < 4.78 is 24.5. The Kier molecular flexibility index (Phi) is 20.2. The van der Waals surface area contributed by atoms with Gasteiger partial charge in [-0.1, -0.05) is 103 Å². The lowest BCUT2D eigenvalue weighted by atomic mass is 10.0. The van der Waals surface area contributed by atoms with Gasteiger partial charge in [-0.2, -0.15) is 0 Å². The highest BCUT2D eigenvalue weighted by Gasteiger charge is 2.26. The quantitative estimate of drug-likeness (QED) is 0.0891. The molecule has 2 atom stereocenters. The molecule has 5 nitrogen and oxygen atoms in total. The predicted octanol–water partition coefficient (Wildman–Crippen LogP) is 8.04. The molecule has 0 bridgehead atoms. The van der Waals surface area contributed by atoms with E-state index in [0.29, 0.717) is 13.2 Å². The first-order valence-corrected chi connectivity index (χ1v) is 16.5. The Labute approximate surface area is 230 Å². The van der Waals surface area contributed by atoms with Crippen molar-refractivity contribution in [1.82, 2.24) is 0 Å². The van der Waals surface area contributed by atoms with Gasteiger partial charge in [-0.05, 0) is 32.1 Å². The molecular weight excluding hydrogens is 462 g/mol. The number of nitrogens with zero attached hydrogens (tertiary/aromatic N) is 1. The summed E-state index contributed by atoms with van der Waals surface area (Å²) in [5.74, 6) is 0. The summed E-state index contributed by atoms with van der Waals surface area (Å²) in [6.45, 7) is 10.0. The van der Waals surface area contributed by atoms with Crippen molar-refractivity contribution < 1.29 is 23.4 Å². The fourth-order valence-corrected chi connectivity index (χ4v) is 5.70. The lowest BCUT2D eigenvalue weighted by Gasteiger charge is -2.37. The summed E-state index contributed by atoms with van der Waals surface area (Å²) in [5.41, 5.74) is 0. The molecule has 0 aliphatic carbocycles. The number of likely N-dealkylation sites (N-methyl/N-ethyl adjacent to an activating group) is 1. The molecule has 0 aromatic heterocycles. The molecule has 37 heavy (non-hydrogen) atoms. The van der Waals surface area contributed by atoms with E-state index in [4.69, 9.17) is 18.9 Å². The number of hydrogen-bond acceptors (Lipinski definition) is 4. The Hall–Kier alpha value is -0.200. The minimum Gasteiger partial charge on any atom is -0.379 e. The van der Waals surface area contributed by atoms with E-state index in [1.54, 1.807) is 0 Å². The molecule has 2 aliphatic rings. The number of unbranched alkanes of at least 4 members (excludes halogenated alkanes) is 17. The number of morpholine rings is 1. The van der Waals surface area contributed by atoms with Crippen molar-refractivity contribution in [3.63, 3.8) is 0 Å². The van der Waals surface area contributed by atoms with Crippen LogP contribution in [0.3, 0.4) is 0 Å². The molecule has 2 aliphatic heterocycles. The Morgan fingerprint density at radius 2 is 1.22 bits per heavy atom. The zero-order chi connectivity index (χ0) is 26.3. The lowest BCUT2D eigenvalue weighted by molar-refractivity contribution is -0.917. The first-order chi connectivity index (χ1) is 18.2. The second-order valence-electron chi connectivity index (χ2n) is 12.2. The van der Waals surface area contributed by atoms with Crippen molar-refractivity contribution in [1.29, 1.82) is 0 Å². The van der Waals surface area contributed by atoms with Gasteiger partial charge in [0, 0.05) is 6.61 Å². The summed E-state index contributed by atoms with van der Waals surface area (Å²) in [5, 5.41) is 0. The zero-order valence-corrected chi connectivity index (χ0v) is 25.0. The zero-order valence-electron chi connectivity index (χ0n) is 25.0. The maximum atomic E-state index is 6.04. The van der Waals surface area contributed by atoms with Crippen LogP contribution in [0.25, 0.3) is 0 Å². The average molecular weight is 527 g/mol. The van der Waals surface area contributed by atoms with Gasteiger partial charge in [0.05, 0.1) is 40.0 Å². The number of rotatable bonds is 25. The summed E-state index contributed by atoms with van der Waals surface area (Å²) in [6.07, 6.45) is 27.3. The van der Waals surface area contributed by atoms with E-state index in [1.807, 2.05) is 0 Å². The van der Waals surface area contributed by atoms with Crippen LogP contribution in [0.4, 0.5) is 0 Å². The molecule has 0 amide bonds. The Morgan fingerprint density at radius 1 is 0.676 bits per heavy atom. The van der Waals surface area contributed by atoms with Crippen LogP contribution in [-0.2, 0) is 18.9 Å². The topological polar surface area (TPSA) is 36.9 Å². The maximum absolute atomic E-state index is 6.04. The van der Waals surface area contributed by atoms with Gasteiger partial charge in [0.15, 0.2) is 6.29 Å². The smallest absolute Gasteiger partial charge is 0.158 e. The largest absolute Gasteiger partial charge is 0.379 e. The van der Waals surface area contributed by atoms with Gasteiger partial charge < -0.3 is 23.4 Å². The number of quaternary nitrogens is 1. The van der Waals surface area contributed by atoms with Crippen molar-refractivity contribution in [3.05, 3.63) is 0 Å². The van der Waals surface area contributed by atoms with Crippen LogP contribution in [0.2, 0.25) is 0 Å². The first-order valence-electron chi connectivity index (χ1n) is 16.5. The third-order valence-electron chi connectivity index (χ3n) is 8.45. The van der Waals surface area contributed by atoms with E-state index in [-0.39, 0.29) is 12.4 Å². The molecule has 0 spiro atoms. The minimum atomic E-state index is 0.000231. The average Bonchev–Trinajstić information content (AvgIpc) is 3.36. The molecule has 0 aromatic carbocycles. The summed E-state index contributed by atoms with van der Waals surface area (Å²) in [4.78, 5) is 0. The van der Waals surface area contributed by atoms with Crippen molar-refractivity contribution in [2.75, 3.05) is 59.7 Å². The van der Waals surface area contributed by atoms with Crippen LogP contribution in [0.5, 0.6) is 0 Å². The Balaban J connectivity index is 1.27. The van der Waals surface area contributed by atoms with E-state index < -0.39 is 0 Å². The van der Waals surface area contributed by atoms with E-state index in [2.05, 4.69) is 14.0 Å². The van der Waals surface area contributed by atoms with E-state index in [1.165, 1.54) is 140 Å². The van der Waals surface area contributed by atoms with E-state index in [0.717, 1.165) is 32.7 Å². The third-order valence-corrected chi connectivity index (χ3v) is 8.45. The van der Waals surface area contributed by atoms with Crippen LogP contribution in [-0.4, -0.2) is 76.6 Å². The molecule has 5 heteroatoms. The second kappa shape index (κ2) is 22.6. The minimum absolute atomic E-state index is 0.000231. The van der Waals surface area contributed by atoms with Gasteiger partial charge in [-0.15, -0.1) is 0 Å². The third kappa shape index (κ3) is 17.9. The van der Waals surface area contributed by atoms with Crippen LogP contribution in [0.15, 0.2) is 0 Å². The second-order valence-corrected chi connectivity index (χ2v) is 12.2. The highest BCUT2D eigenvalue weighted by Crippen LogP contribution is 2.19. The van der Waals surface area contributed by atoms with Crippen molar-refractivity contribution in [2.24, 2.45) is 0 Å². The molecule has 220 valence electrons. The molecule has 0 unspecified atom stereocenters. The van der Waals surface area contributed by atoms with Crippen molar-refractivity contribution in [3.8, 4) is 0 Å². The molecule has 2 heterocycles. The van der Waals surface area contributed by atoms with Gasteiger partial charge in [0.25, 0.3) is 0 Å². The summed E-state index contributed by atoms with van der Waals surface area (Å²) in [6, 6.07) is 0. The van der Waals surface area contributed by atoms with Crippen molar-refractivity contribution in [2.45, 2.75) is 148 Å². The van der Waals surface area contributed by atoms with Crippen LogP contribution < -0.4 is 0 Å². The predicted molar refractivity (Wildman–Crippen MR) is 155 cm³/mol. The fraction of sp³-hybridized carbons (Fsp3) is 1.00. The molecule has 2 rings (SSSR count). The highest BCUT2D eigenvalue weighted by atomic mass is 16.7. The molecule has 0 radical (unpaired) electrons. The van der Waals surface area contributed by atoms with Crippen molar-refractivity contribution >= 4 is 0 Å². The van der Waals surface area contributed by atoms with Crippen LogP contribution >= 0.6 is 0 Å². The van der Waals surface area contributed by atoms with Gasteiger partial charge in [0.1, 0.15) is 19.2 Å². The molecule has 0 N–H and O–H groups in total. The number of ether oxygens (including phenoxy) is 4. The van der Waals surface area contributed by atoms with E-state index in [9.17, 15) is 0 Å². The number of hydrogen-bond donors (Lipinski definition) is 0. The fourth-order valence-electron chi connectivity index (χ4n) is 5.70. The van der Waals surface area contributed by atoms with E-state index >= 15 is 0 Å². The standard InChI is InChI=1S/C32H64NO4/c1-3-4-5-6-7-8-9-10-11-12-13-14-15-16-19-22-32-36-30-31(37-32)29-35-26-21-18-17-20-23-33(2)24-27-34-28-25-33/h31-32H,3-30H2,1-2H3/q+1/t31-,32-/m1/s1. The molecule has 0 saturated carbocycles. The highest BCUT2D eigenvalue weighted by molar-refractivity contribution is 4.65. The maximum Gasteiger partial charge on any atom is 0.158 e. The molecule has 2 fully saturated rings. The molecular formula is C32H64NO4+. The Morgan fingerprint density at radius 3 is 1.84 bits per heavy atom. The summed E-state index contributed by atoms with van der Waals surface area (Å²) in [7, 11) is 2.38. The van der Waals surface area contributed by atoms with Gasteiger partial charge >= 0.3 is 0 Å². The van der Waals surface area contributed by atoms with Crippen LogP contribution in [0, 0.1) is 0 Å². The monoisotopic (exact) mass is 526 g/mol. The first kappa shape index (κ1) is 33.0. The van der Waals surface area contributed by atoms with Crippen LogP contribution in [0.1, 0.15) is 135 Å². The lowest BCUT2D eigenvalue weighted by Crippen LogP contribution is -2.52.